The molecule has 0 aliphatic rings. The molecule has 0 saturated heterocycles. The van der Waals surface area contributed by atoms with Gasteiger partial charge < -0.3 is 4.57 Å². The van der Waals surface area contributed by atoms with Gasteiger partial charge in [0.25, 0.3) is 5.91 Å². The molecule has 0 N–H and O–H groups in total. The molecule has 3 aromatic rings. The van der Waals surface area contributed by atoms with Crippen LogP contribution in [-0.2, 0) is 22.1 Å². The van der Waals surface area contributed by atoms with E-state index < -0.39 is 9.84 Å². The quantitative estimate of drug-likeness (QED) is 0.677. The zero-order chi connectivity index (χ0) is 18.6. The minimum Gasteiger partial charge on any atom is -0.319 e. The summed E-state index contributed by atoms with van der Waals surface area (Å²) in [5, 5.41) is 1.88. The van der Waals surface area contributed by atoms with Crippen molar-refractivity contribution in [2.75, 3.05) is 6.26 Å². The second kappa shape index (κ2) is 7.80. The lowest BCUT2D eigenvalue weighted by molar-refractivity contribution is 0.0997. The molecule has 0 atom stereocenters. The maximum atomic E-state index is 12.5. The number of sulfone groups is 1. The van der Waals surface area contributed by atoms with Crippen molar-refractivity contribution in [1.29, 1.82) is 0 Å². The van der Waals surface area contributed by atoms with Crippen LogP contribution in [0.2, 0.25) is 0 Å². The van der Waals surface area contributed by atoms with Gasteiger partial charge >= 0.3 is 0 Å². The van der Waals surface area contributed by atoms with Gasteiger partial charge in [0.05, 0.1) is 5.75 Å². The van der Waals surface area contributed by atoms with Gasteiger partial charge in [-0.3, -0.25) is 4.79 Å². The Balaban J connectivity index is 1.86. The van der Waals surface area contributed by atoms with Crippen LogP contribution in [0.4, 0.5) is 0 Å². The third kappa shape index (κ3) is 5.00. The average molecular weight is 386 g/mol. The van der Waals surface area contributed by atoms with E-state index in [0.717, 1.165) is 5.56 Å². The monoisotopic (exact) mass is 386 g/mol. The highest BCUT2D eigenvalue weighted by atomic mass is 32.2. The molecule has 0 bridgehead atoms. The summed E-state index contributed by atoms with van der Waals surface area (Å²) in [7, 11) is -3.15. The number of rotatable bonds is 5. The van der Waals surface area contributed by atoms with Crippen LogP contribution in [0, 0.1) is 0 Å². The zero-order valence-corrected chi connectivity index (χ0v) is 15.8. The molecule has 3 rings (SSSR count). The van der Waals surface area contributed by atoms with Crippen LogP contribution in [0.3, 0.4) is 0 Å². The van der Waals surface area contributed by atoms with Gasteiger partial charge in [-0.2, -0.15) is 4.99 Å². The lowest BCUT2D eigenvalue weighted by Gasteiger charge is -2.03. The predicted molar refractivity (Wildman–Crippen MR) is 103 cm³/mol. The molecule has 0 saturated carbocycles. The summed E-state index contributed by atoms with van der Waals surface area (Å²) in [4.78, 5) is 17.3. The van der Waals surface area contributed by atoms with Crippen LogP contribution in [0.5, 0.6) is 0 Å². The number of hydrogen-bond donors (Lipinski definition) is 0. The van der Waals surface area contributed by atoms with Gasteiger partial charge in [-0.1, -0.05) is 42.5 Å². The number of aromatic nitrogens is 1. The highest BCUT2D eigenvalue weighted by molar-refractivity contribution is 7.89. The molecule has 5 nitrogen and oxygen atoms in total. The Morgan fingerprint density at radius 3 is 2.54 bits per heavy atom. The molecule has 0 unspecified atom stereocenters. The summed E-state index contributed by atoms with van der Waals surface area (Å²) in [6.45, 7) is 0.630. The Hall–Kier alpha value is -2.51. The highest BCUT2D eigenvalue weighted by Crippen LogP contribution is 2.10. The smallest absolute Gasteiger partial charge is 0.279 e. The van der Waals surface area contributed by atoms with Crippen LogP contribution in [0.1, 0.15) is 21.5 Å². The topological polar surface area (TPSA) is 68.5 Å². The van der Waals surface area contributed by atoms with E-state index in [1.54, 1.807) is 24.3 Å². The van der Waals surface area contributed by atoms with Crippen LogP contribution in [-0.4, -0.2) is 25.1 Å². The Bertz CT molecular complexity index is 1080. The molecule has 0 radical (unpaired) electrons. The number of benzene rings is 2. The minimum atomic E-state index is -3.15. The normalized spacial score (nSPS) is 12.3. The number of nitrogens with zero attached hydrogens (tertiary/aromatic N) is 2. The number of carbonyl (C=O) groups is 1. The molecule has 0 fully saturated rings. The summed E-state index contributed by atoms with van der Waals surface area (Å²) in [5.41, 5.74) is 2.08. The Morgan fingerprint density at radius 2 is 1.81 bits per heavy atom. The van der Waals surface area contributed by atoms with E-state index in [0.29, 0.717) is 22.5 Å². The molecule has 1 amide bonds. The van der Waals surface area contributed by atoms with Crippen LogP contribution < -0.4 is 4.80 Å². The Morgan fingerprint density at radius 1 is 1.08 bits per heavy atom. The first-order chi connectivity index (χ1) is 12.4. The molecule has 26 heavy (non-hydrogen) atoms. The van der Waals surface area contributed by atoms with Crippen LogP contribution >= 0.6 is 11.3 Å². The molecule has 0 aliphatic carbocycles. The fourth-order valence-electron chi connectivity index (χ4n) is 2.54. The first-order valence-electron chi connectivity index (χ1n) is 7.94. The van der Waals surface area contributed by atoms with Gasteiger partial charge in [0.1, 0.15) is 0 Å². The van der Waals surface area contributed by atoms with Gasteiger partial charge in [0.15, 0.2) is 14.6 Å². The molecule has 0 aliphatic heterocycles. The largest absolute Gasteiger partial charge is 0.319 e. The first-order valence-corrected chi connectivity index (χ1v) is 10.9. The summed E-state index contributed by atoms with van der Waals surface area (Å²) >= 11 is 1.39. The third-order valence-electron chi connectivity index (χ3n) is 3.66. The number of carbonyl (C=O) groups excluding carboxylic acids is 1. The van der Waals surface area contributed by atoms with E-state index in [1.807, 2.05) is 46.5 Å². The van der Waals surface area contributed by atoms with Crippen molar-refractivity contribution in [3.05, 3.63) is 87.7 Å². The maximum Gasteiger partial charge on any atom is 0.279 e. The number of amides is 1. The lowest BCUT2D eigenvalue weighted by atomic mass is 10.1. The summed E-state index contributed by atoms with van der Waals surface area (Å²) in [6.07, 6.45) is 3.06. The zero-order valence-electron chi connectivity index (χ0n) is 14.2. The summed E-state index contributed by atoms with van der Waals surface area (Å²) in [5.74, 6) is -0.481. The maximum absolute atomic E-state index is 12.5. The molecule has 134 valence electrons. The summed E-state index contributed by atoms with van der Waals surface area (Å²) in [6, 6.07) is 16.5. The second-order valence-corrected chi connectivity index (χ2v) is 9.00. The molecule has 2 aromatic carbocycles. The fraction of sp³-hybridized carbons (Fsp3) is 0.158. The Kier molecular flexibility index (Phi) is 5.49. The predicted octanol–water partition coefficient (Wildman–Crippen LogP) is 2.88. The average Bonchev–Trinajstić information content (AvgIpc) is 3.01. The molecule has 1 heterocycles. The number of thiazole rings is 1. The van der Waals surface area contributed by atoms with Gasteiger partial charge in [-0.15, -0.1) is 11.3 Å². The molecule has 0 spiro atoms. The van der Waals surface area contributed by atoms with Crippen molar-refractivity contribution in [3.8, 4) is 0 Å². The van der Waals surface area contributed by atoms with E-state index in [9.17, 15) is 13.2 Å². The van der Waals surface area contributed by atoms with Crippen molar-refractivity contribution in [2.45, 2.75) is 12.3 Å². The third-order valence-corrected chi connectivity index (χ3v) is 5.31. The first kappa shape index (κ1) is 18.3. The van der Waals surface area contributed by atoms with Gasteiger partial charge in [-0.05, 0) is 23.3 Å². The standard InChI is InChI=1S/C19H18N2O3S2/c1-26(23,24)14-16-8-5-9-17(12-16)18(22)20-19-21(10-11-25-19)13-15-6-3-2-4-7-15/h2-12H,13-14H2,1H3. The van der Waals surface area contributed by atoms with Crippen molar-refractivity contribution in [1.82, 2.24) is 4.57 Å². The van der Waals surface area contributed by atoms with Crippen LogP contribution in [0.15, 0.2) is 71.2 Å². The van der Waals surface area contributed by atoms with Gasteiger partial charge in [0.2, 0.25) is 0 Å². The molecular weight excluding hydrogens is 368 g/mol. The fourth-order valence-corrected chi connectivity index (χ4v) is 4.05. The second-order valence-electron chi connectivity index (χ2n) is 5.99. The molecule has 7 heteroatoms. The molecule has 1 aromatic heterocycles. The summed E-state index contributed by atoms with van der Waals surface area (Å²) < 4.78 is 24.8. The minimum absolute atomic E-state index is 0.0961. The van der Waals surface area contributed by atoms with E-state index >= 15 is 0 Å². The van der Waals surface area contributed by atoms with Crippen molar-refractivity contribution < 1.29 is 13.2 Å². The van der Waals surface area contributed by atoms with Gasteiger partial charge in [0, 0.05) is 29.9 Å². The molecular formula is C19H18N2O3S2. The van der Waals surface area contributed by atoms with Crippen molar-refractivity contribution in [2.24, 2.45) is 4.99 Å². The van der Waals surface area contributed by atoms with E-state index in [4.69, 9.17) is 0 Å². The lowest BCUT2D eigenvalue weighted by Crippen LogP contribution is -2.17. The van der Waals surface area contributed by atoms with Crippen LogP contribution in [0.25, 0.3) is 0 Å². The van der Waals surface area contributed by atoms with E-state index in [2.05, 4.69) is 4.99 Å². The van der Waals surface area contributed by atoms with Crippen molar-refractivity contribution >= 4 is 27.1 Å². The SMILES string of the molecule is CS(=O)(=O)Cc1cccc(C(=O)N=c2sccn2Cc2ccccc2)c1. The highest BCUT2D eigenvalue weighted by Gasteiger charge is 2.09. The van der Waals surface area contributed by atoms with E-state index in [-0.39, 0.29) is 11.7 Å². The van der Waals surface area contributed by atoms with Crippen molar-refractivity contribution in [3.63, 3.8) is 0 Å². The Labute approximate surface area is 156 Å². The number of hydrogen-bond acceptors (Lipinski definition) is 4. The van der Waals surface area contributed by atoms with E-state index in [1.165, 1.54) is 17.6 Å². The van der Waals surface area contributed by atoms with Gasteiger partial charge in [-0.25, -0.2) is 8.42 Å².